The van der Waals surface area contributed by atoms with Gasteiger partial charge in [0, 0.05) is 16.5 Å². The van der Waals surface area contributed by atoms with E-state index >= 15 is 0 Å². The zero-order valence-corrected chi connectivity index (χ0v) is 20.6. The first-order valence-corrected chi connectivity index (χ1v) is 12.2. The number of nitrogens with one attached hydrogen (secondary N) is 1. The normalized spacial score (nSPS) is 15.0. The standard InChI is InChI=1S/C24H25ClN4O4S/c1-4-32-19-12-15(10-11-18(19)30)21-20(22(31)33-5-2)14(3)26-23-27-24(28-29(21)23)34-13-16-8-6-7-9-17(16)25/h6-12,21,30H,4-5,13H2,1-3H3,(H,26,27,28). The fourth-order valence-corrected chi connectivity index (χ4v) is 4.82. The van der Waals surface area contributed by atoms with Gasteiger partial charge in [-0.2, -0.15) is 4.98 Å². The predicted octanol–water partition coefficient (Wildman–Crippen LogP) is 5.18. The summed E-state index contributed by atoms with van der Waals surface area (Å²) in [5.74, 6) is 0.999. The van der Waals surface area contributed by atoms with Crippen molar-refractivity contribution in [3.8, 4) is 11.5 Å². The van der Waals surface area contributed by atoms with Crippen LogP contribution in [0.5, 0.6) is 11.5 Å². The lowest BCUT2D eigenvalue weighted by molar-refractivity contribution is -0.139. The lowest BCUT2D eigenvalue weighted by Crippen LogP contribution is -2.29. The molecule has 2 N–H and O–H groups in total. The van der Waals surface area contributed by atoms with Crippen LogP contribution in [-0.2, 0) is 15.3 Å². The highest BCUT2D eigenvalue weighted by atomic mass is 35.5. The lowest BCUT2D eigenvalue weighted by Gasteiger charge is -2.28. The summed E-state index contributed by atoms with van der Waals surface area (Å²) in [4.78, 5) is 17.6. The first-order valence-electron chi connectivity index (χ1n) is 10.9. The molecule has 1 unspecified atom stereocenters. The second kappa shape index (κ2) is 10.4. The van der Waals surface area contributed by atoms with Crippen LogP contribution in [0, 0.1) is 0 Å². The van der Waals surface area contributed by atoms with Crippen LogP contribution in [-0.4, -0.2) is 39.1 Å². The summed E-state index contributed by atoms with van der Waals surface area (Å²) in [6, 6.07) is 12.0. The van der Waals surface area contributed by atoms with E-state index < -0.39 is 12.0 Å². The Labute approximate surface area is 206 Å². The van der Waals surface area contributed by atoms with Crippen LogP contribution in [0.3, 0.4) is 0 Å². The van der Waals surface area contributed by atoms with E-state index in [9.17, 15) is 9.90 Å². The molecule has 2 aromatic carbocycles. The average molecular weight is 501 g/mol. The van der Waals surface area contributed by atoms with Gasteiger partial charge in [-0.05, 0) is 50.1 Å². The van der Waals surface area contributed by atoms with Crippen LogP contribution in [0.1, 0.15) is 37.9 Å². The fraction of sp³-hybridized carbons (Fsp3) is 0.292. The summed E-state index contributed by atoms with van der Waals surface area (Å²) in [5, 5.41) is 19.3. The summed E-state index contributed by atoms with van der Waals surface area (Å²) in [7, 11) is 0. The van der Waals surface area contributed by atoms with Crippen LogP contribution in [0.2, 0.25) is 5.02 Å². The molecule has 2 heterocycles. The number of carbonyl (C=O) groups excluding carboxylic acids is 1. The van der Waals surface area contributed by atoms with Crippen LogP contribution >= 0.6 is 23.4 Å². The second-order valence-electron chi connectivity index (χ2n) is 7.49. The molecule has 0 saturated heterocycles. The smallest absolute Gasteiger partial charge is 0.338 e. The van der Waals surface area contributed by atoms with Gasteiger partial charge in [-0.1, -0.05) is 47.6 Å². The number of allylic oxidation sites excluding steroid dienone is 1. The molecule has 1 aliphatic rings. The Morgan fingerprint density at radius 3 is 2.76 bits per heavy atom. The number of anilines is 1. The van der Waals surface area contributed by atoms with Crippen molar-refractivity contribution in [2.75, 3.05) is 18.5 Å². The SMILES string of the molecule is CCOC(=O)C1=C(C)Nc2nc(SCc3ccccc3Cl)nn2C1c1ccc(O)c(OCC)c1. The molecule has 178 valence electrons. The number of hydrogen-bond donors (Lipinski definition) is 2. The van der Waals surface area contributed by atoms with Crippen LogP contribution in [0.4, 0.5) is 5.95 Å². The van der Waals surface area contributed by atoms with Gasteiger partial charge in [0.2, 0.25) is 11.1 Å². The molecule has 10 heteroatoms. The number of carbonyl (C=O) groups is 1. The predicted molar refractivity (Wildman–Crippen MR) is 131 cm³/mol. The summed E-state index contributed by atoms with van der Waals surface area (Å²) >= 11 is 7.74. The molecule has 0 saturated carbocycles. The summed E-state index contributed by atoms with van der Waals surface area (Å²) in [6.07, 6.45) is 0. The molecular formula is C24H25ClN4O4S. The Bertz CT molecular complexity index is 1240. The molecule has 1 aliphatic heterocycles. The largest absolute Gasteiger partial charge is 0.504 e. The summed E-state index contributed by atoms with van der Waals surface area (Å²) < 4.78 is 12.6. The van der Waals surface area contributed by atoms with E-state index in [-0.39, 0.29) is 12.4 Å². The molecule has 0 fully saturated rings. The van der Waals surface area contributed by atoms with E-state index in [0.29, 0.717) is 51.1 Å². The molecule has 1 aromatic heterocycles. The number of hydrogen-bond acceptors (Lipinski definition) is 8. The second-order valence-corrected chi connectivity index (χ2v) is 8.84. The van der Waals surface area contributed by atoms with Gasteiger partial charge in [0.25, 0.3) is 0 Å². The number of phenolic OH excluding ortho intramolecular Hbond substituents is 1. The Morgan fingerprint density at radius 2 is 2.03 bits per heavy atom. The van der Waals surface area contributed by atoms with E-state index in [1.165, 1.54) is 11.8 Å². The van der Waals surface area contributed by atoms with Crippen LogP contribution in [0.15, 0.2) is 58.9 Å². The third-order valence-electron chi connectivity index (χ3n) is 5.24. The van der Waals surface area contributed by atoms with Gasteiger partial charge in [-0.25, -0.2) is 9.48 Å². The molecule has 3 aromatic rings. The number of esters is 1. The van der Waals surface area contributed by atoms with Crippen molar-refractivity contribution in [2.24, 2.45) is 0 Å². The quantitative estimate of drug-likeness (QED) is 0.322. The molecule has 0 bridgehead atoms. The van der Waals surface area contributed by atoms with Crippen molar-refractivity contribution < 1.29 is 19.4 Å². The third-order valence-corrected chi connectivity index (χ3v) is 6.50. The molecular weight excluding hydrogens is 476 g/mol. The Balaban J connectivity index is 1.73. The zero-order chi connectivity index (χ0) is 24.2. The highest BCUT2D eigenvalue weighted by Crippen LogP contribution is 2.40. The minimum Gasteiger partial charge on any atom is -0.504 e. The maximum atomic E-state index is 13.0. The number of fused-ring (bicyclic) bond motifs is 1. The number of nitrogens with zero attached hydrogens (tertiary/aromatic N) is 3. The number of halogens is 1. The summed E-state index contributed by atoms with van der Waals surface area (Å²) in [5.41, 5.74) is 2.72. The minimum absolute atomic E-state index is 0.0210. The van der Waals surface area contributed by atoms with E-state index in [1.807, 2.05) is 31.2 Å². The summed E-state index contributed by atoms with van der Waals surface area (Å²) in [6.45, 7) is 6.03. The molecule has 34 heavy (non-hydrogen) atoms. The van der Waals surface area contributed by atoms with E-state index in [4.69, 9.17) is 26.2 Å². The van der Waals surface area contributed by atoms with Gasteiger partial charge < -0.3 is 19.9 Å². The third kappa shape index (κ3) is 4.85. The first kappa shape index (κ1) is 24.0. The average Bonchev–Trinajstić information content (AvgIpc) is 3.21. The van der Waals surface area contributed by atoms with Gasteiger partial charge in [-0.3, -0.25) is 0 Å². The van der Waals surface area contributed by atoms with Crippen molar-refractivity contribution >= 4 is 35.3 Å². The van der Waals surface area contributed by atoms with Crippen LogP contribution in [0.25, 0.3) is 0 Å². The van der Waals surface area contributed by atoms with E-state index in [0.717, 1.165) is 5.56 Å². The van der Waals surface area contributed by atoms with E-state index in [2.05, 4.69) is 10.3 Å². The van der Waals surface area contributed by atoms with Crippen molar-refractivity contribution in [3.05, 3.63) is 69.9 Å². The molecule has 0 radical (unpaired) electrons. The fourth-order valence-electron chi connectivity index (χ4n) is 3.70. The number of aromatic nitrogens is 3. The highest BCUT2D eigenvalue weighted by molar-refractivity contribution is 7.98. The van der Waals surface area contributed by atoms with Gasteiger partial charge in [0.05, 0.1) is 18.8 Å². The number of thioether (sulfide) groups is 1. The Morgan fingerprint density at radius 1 is 1.24 bits per heavy atom. The number of rotatable bonds is 8. The zero-order valence-electron chi connectivity index (χ0n) is 19.0. The van der Waals surface area contributed by atoms with Crippen LogP contribution < -0.4 is 10.1 Å². The lowest BCUT2D eigenvalue weighted by atomic mass is 9.95. The number of ether oxygens (including phenoxy) is 2. The van der Waals surface area contributed by atoms with Gasteiger partial charge in [-0.15, -0.1) is 5.10 Å². The topological polar surface area (TPSA) is 98.5 Å². The molecule has 4 rings (SSSR count). The van der Waals surface area contributed by atoms with Crippen molar-refractivity contribution in [3.63, 3.8) is 0 Å². The highest BCUT2D eigenvalue weighted by Gasteiger charge is 2.35. The van der Waals surface area contributed by atoms with E-state index in [1.54, 1.807) is 36.7 Å². The van der Waals surface area contributed by atoms with Gasteiger partial charge >= 0.3 is 5.97 Å². The first-order chi connectivity index (χ1) is 16.4. The molecule has 1 atom stereocenters. The number of benzene rings is 2. The molecule has 8 nitrogen and oxygen atoms in total. The van der Waals surface area contributed by atoms with Crippen molar-refractivity contribution in [1.82, 2.24) is 14.8 Å². The maximum Gasteiger partial charge on any atom is 0.338 e. The van der Waals surface area contributed by atoms with Gasteiger partial charge in [0.1, 0.15) is 6.04 Å². The maximum absolute atomic E-state index is 13.0. The van der Waals surface area contributed by atoms with Crippen molar-refractivity contribution in [1.29, 1.82) is 0 Å². The Kier molecular flexibility index (Phi) is 7.33. The van der Waals surface area contributed by atoms with Gasteiger partial charge in [0.15, 0.2) is 11.5 Å². The van der Waals surface area contributed by atoms with Crippen molar-refractivity contribution in [2.45, 2.75) is 37.7 Å². The Hall–Kier alpha value is -3.17. The molecule has 0 spiro atoms. The monoisotopic (exact) mass is 500 g/mol. The minimum atomic E-state index is -0.614. The molecule has 0 aliphatic carbocycles. The number of aromatic hydroxyl groups is 1. The number of phenols is 1. The molecule has 0 amide bonds.